The van der Waals surface area contributed by atoms with E-state index in [0.29, 0.717) is 0 Å². The molecular weight excluding hydrogens is 232 g/mol. The van der Waals surface area contributed by atoms with E-state index in [4.69, 9.17) is 5.21 Å². The Morgan fingerprint density at radius 3 is 2.78 bits per heavy atom. The lowest BCUT2D eigenvalue weighted by Crippen LogP contribution is -2.04. The highest BCUT2D eigenvalue weighted by molar-refractivity contribution is 5.92. The molecule has 0 radical (unpaired) electrons. The second-order valence-corrected chi connectivity index (χ2v) is 3.38. The van der Waals surface area contributed by atoms with Gasteiger partial charge in [0.05, 0.1) is 6.20 Å². The van der Waals surface area contributed by atoms with Gasteiger partial charge in [-0.15, -0.1) is 5.11 Å². The second-order valence-electron chi connectivity index (χ2n) is 3.38. The number of carbonyl (C=O) groups excluding carboxylic acids is 1. The molecule has 6 nitrogen and oxygen atoms in total. The summed E-state index contributed by atoms with van der Waals surface area (Å²) in [6.45, 7) is 0. The molecule has 6 heteroatoms. The Labute approximate surface area is 103 Å². The predicted molar refractivity (Wildman–Crippen MR) is 63.4 cm³/mol. The molecule has 0 atom stereocenters. The summed E-state index contributed by atoms with van der Waals surface area (Å²) in [6.07, 6.45) is 9.09. The Morgan fingerprint density at radius 1 is 1.33 bits per heavy atom. The Hall–Kier alpha value is -2.60. The van der Waals surface area contributed by atoms with Gasteiger partial charge >= 0.3 is 5.91 Å². The van der Waals surface area contributed by atoms with E-state index in [1.54, 1.807) is 30.4 Å². The van der Waals surface area contributed by atoms with Gasteiger partial charge in [0.2, 0.25) is 0 Å². The number of aromatic nitrogens is 1. The SMILES string of the molecule is O=C(N=NC=C1C=CN(O)C=C1)c1ccccn1. The third kappa shape index (κ3) is 3.19. The molecule has 0 aliphatic carbocycles. The number of rotatable bonds is 2. The standard InChI is InChI=1S/C12H10N4O2/c17-12(11-3-1-2-6-13-11)15-14-9-10-4-7-16(18)8-5-10/h1-9,18H. The van der Waals surface area contributed by atoms with Gasteiger partial charge in [0, 0.05) is 18.6 Å². The van der Waals surface area contributed by atoms with E-state index >= 15 is 0 Å². The number of hydrogen-bond donors (Lipinski definition) is 1. The maximum Gasteiger partial charge on any atom is 0.313 e. The van der Waals surface area contributed by atoms with Crippen molar-refractivity contribution in [3.63, 3.8) is 0 Å². The van der Waals surface area contributed by atoms with Crippen LogP contribution in [-0.4, -0.2) is 21.2 Å². The second kappa shape index (κ2) is 5.65. The smallest absolute Gasteiger partial charge is 0.285 e. The van der Waals surface area contributed by atoms with Gasteiger partial charge in [-0.05, 0) is 29.9 Å². The fourth-order valence-electron chi connectivity index (χ4n) is 1.20. The molecule has 0 spiro atoms. The van der Waals surface area contributed by atoms with Crippen molar-refractivity contribution in [2.75, 3.05) is 0 Å². The molecule has 90 valence electrons. The number of hydrogen-bond acceptors (Lipinski definition) is 5. The van der Waals surface area contributed by atoms with Crippen molar-refractivity contribution < 1.29 is 10.0 Å². The molecule has 0 fully saturated rings. The number of hydroxylamine groups is 2. The summed E-state index contributed by atoms with van der Waals surface area (Å²) in [5.74, 6) is -0.500. The minimum absolute atomic E-state index is 0.246. The lowest BCUT2D eigenvalue weighted by Gasteiger charge is -2.08. The third-order valence-corrected chi connectivity index (χ3v) is 2.08. The average molecular weight is 242 g/mol. The van der Waals surface area contributed by atoms with Crippen LogP contribution in [0.1, 0.15) is 10.5 Å². The number of amides is 1. The van der Waals surface area contributed by atoms with Gasteiger partial charge in [-0.3, -0.25) is 15.0 Å². The molecule has 1 aromatic heterocycles. The molecule has 2 heterocycles. The zero-order valence-corrected chi connectivity index (χ0v) is 9.34. The van der Waals surface area contributed by atoms with Gasteiger partial charge < -0.3 is 0 Å². The van der Waals surface area contributed by atoms with Crippen LogP contribution in [0.2, 0.25) is 0 Å². The van der Waals surface area contributed by atoms with Crippen LogP contribution in [0.3, 0.4) is 0 Å². The normalized spacial score (nSPS) is 14.3. The molecule has 2 rings (SSSR count). The molecule has 0 unspecified atom stereocenters. The van der Waals surface area contributed by atoms with Crippen molar-refractivity contribution in [2.45, 2.75) is 0 Å². The van der Waals surface area contributed by atoms with Crippen molar-refractivity contribution in [3.8, 4) is 0 Å². The van der Waals surface area contributed by atoms with E-state index < -0.39 is 5.91 Å². The molecule has 0 bridgehead atoms. The van der Waals surface area contributed by atoms with Crippen LogP contribution in [0.5, 0.6) is 0 Å². The summed E-state index contributed by atoms with van der Waals surface area (Å²) in [4.78, 5) is 15.4. The fraction of sp³-hybridized carbons (Fsp3) is 0. The molecule has 1 aliphatic heterocycles. The van der Waals surface area contributed by atoms with Crippen molar-refractivity contribution in [1.29, 1.82) is 0 Å². The predicted octanol–water partition coefficient (Wildman–Crippen LogP) is 2.29. The monoisotopic (exact) mass is 242 g/mol. The number of allylic oxidation sites excluding steroid dienone is 3. The maximum atomic E-state index is 11.5. The van der Waals surface area contributed by atoms with Crippen LogP contribution < -0.4 is 0 Å². The van der Waals surface area contributed by atoms with Crippen molar-refractivity contribution >= 4 is 5.91 Å². The topological polar surface area (TPSA) is 78.2 Å². The van der Waals surface area contributed by atoms with Gasteiger partial charge in [-0.1, -0.05) is 6.07 Å². The Kier molecular flexibility index (Phi) is 3.72. The zero-order chi connectivity index (χ0) is 12.8. The van der Waals surface area contributed by atoms with Crippen LogP contribution in [-0.2, 0) is 0 Å². The van der Waals surface area contributed by atoms with E-state index in [9.17, 15) is 4.79 Å². The lowest BCUT2D eigenvalue weighted by atomic mass is 10.2. The summed E-state index contributed by atoms with van der Waals surface area (Å²) in [5, 5.41) is 17.1. The Bertz CT molecular complexity index is 530. The Balaban J connectivity index is 2.00. The fourth-order valence-corrected chi connectivity index (χ4v) is 1.20. The highest BCUT2D eigenvalue weighted by Crippen LogP contribution is 2.07. The molecule has 0 saturated carbocycles. The molecule has 18 heavy (non-hydrogen) atoms. The van der Waals surface area contributed by atoms with Crippen LogP contribution in [0.25, 0.3) is 0 Å². The Morgan fingerprint density at radius 2 is 2.11 bits per heavy atom. The highest BCUT2D eigenvalue weighted by Gasteiger charge is 2.03. The third-order valence-electron chi connectivity index (χ3n) is 2.08. The van der Waals surface area contributed by atoms with Gasteiger partial charge in [0.1, 0.15) is 5.69 Å². The minimum Gasteiger partial charge on any atom is -0.285 e. The first kappa shape index (κ1) is 11.9. The summed E-state index contributed by atoms with van der Waals surface area (Å²) >= 11 is 0. The summed E-state index contributed by atoms with van der Waals surface area (Å²) < 4.78 is 0. The van der Waals surface area contributed by atoms with Crippen molar-refractivity contribution in [1.82, 2.24) is 10.0 Å². The van der Waals surface area contributed by atoms with Crippen molar-refractivity contribution in [2.24, 2.45) is 10.2 Å². The van der Waals surface area contributed by atoms with E-state index in [-0.39, 0.29) is 5.69 Å². The summed E-state index contributed by atoms with van der Waals surface area (Å²) in [7, 11) is 0. The molecule has 1 N–H and O–H groups in total. The van der Waals surface area contributed by atoms with Crippen molar-refractivity contribution in [3.05, 3.63) is 66.4 Å². The average Bonchev–Trinajstić information content (AvgIpc) is 2.42. The lowest BCUT2D eigenvalue weighted by molar-refractivity contribution is 0.0105. The number of pyridine rings is 1. The van der Waals surface area contributed by atoms with Crippen LogP contribution in [0, 0.1) is 0 Å². The first-order valence-corrected chi connectivity index (χ1v) is 5.16. The number of nitrogens with zero attached hydrogens (tertiary/aromatic N) is 4. The first-order chi connectivity index (χ1) is 8.75. The van der Waals surface area contributed by atoms with Gasteiger partial charge in [-0.25, -0.2) is 5.06 Å². The quantitative estimate of drug-likeness (QED) is 0.807. The van der Waals surface area contributed by atoms with Crippen LogP contribution >= 0.6 is 0 Å². The molecule has 1 amide bonds. The van der Waals surface area contributed by atoms with Gasteiger partial charge in [0.25, 0.3) is 0 Å². The van der Waals surface area contributed by atoms with Gasteiger partial charge in [-0.2, -0.15) is 5.11 Å². The maximum absolute atomic E-state index is 11.5. The van der Waals surface area contributed by atoms with Crippen LogP contribution in [0.4, 0.5) is 0 Å². The molecule has 1 aromatic rings. The largest absolute Gasteiger partial charge is 0.313 e. The highest BCUT2D eigenvalue weighted by atomic mass is 16.5. The van der Waals surface area contributed by atoms with Gasteiger partial charge in [0.15, 0.2) is 0 Å². The number of carbonyl (C=O) groups is 1. The molecule has 0 aromatic carbocycles. The summed E-state index contributed by atoms with van der Waals surface area (Å²) in [5.41, 5.74) is 0.966. The van der Waals surface area contributed by atoms with Crippen LogP contribution in [0.15, 0.2) is 70.9 Å². The molecule has 0 saturated heterocycles. The molecular formula is C12H10N4O2. The van der Waals surface area contributed by atoms with E-state index in [0.717, 1.165) is 10.6 Å². The zero-order valence-electron chi connectivity index (χ0n) is 9.34. The molecule has 1 aliphatic rings. The minimum atomic E-state index is -0.500. The first-order valence-electron chi connectivity index (χ1n) is 5.16. The van der Waals surface area contributed by atoms with E-state index in [2.05, 4.69) is 15.2 Å². The van der Waals surface area contributed by atoms with E-state index in [1.807, 2.05) is 0 Å². The number of azo groups is 1. The summed E-state index contributed by atoms with van der Waals surface area (Å²) in [6, 6.07) is 4.99. The van der Waals surface area contributed by atoms with E-state index in [1.165, 1.54) is 24.8 Å².